The van der Waals surface area contributed by atoms with Crippen LogP contribution in [0.15, 0.2) is 35.4 Å². The molecule has 1 saturated carbocycles. The first kappa shape index (κ1) is 19.9. The van der Waals surface area contributed by atoms with Crippen molar-refractivity contribution in [2.45, 2.75) is 58.4 Å². The molecule has 3 atom stereocenters. The van der Waals surface area contributed by atoms with Crippen molar-refractivity contribution in [1.29, 1.82) is 0 Å². The summed E-state index contributed by atoms with van der Waals surface area (Å²) in [5, 5.41) is 15.1. The Bertz CT molecular complexity index is 745. The fraction of sp³-hybridized carbons (Fsp3) is 0.600. The zero-order valence-corrected chi connectivity index (χ0v) is 15.8. The molecule has 1 aliphatic carbocycles. The Kier molecular flexibility index (Phi) is 4.87. The Hall–Kier alpha value is -1.89. The predicted octanol–water partition coefficient (Wildman–Crippen LogP) is 4.60. The molecule has 0 unspecified atom stereocenters. The van der Waals surface area contributed by atoms with Gasteiger partial charge in [-0.25, -0.2) is 0 Å². The summed E-state index contributed by atoms with van der Waals surface area (Å²) in [4.78, 5) is 12.7. The quantitative estimate of drug-likeness (QED) is 0.831. The smallest absolute Gasteiger partial charge is 0.362 e. The minimum absolute atomic E-state index is 0.0205. The van der Waals surface area contributed by atoms with Gasteiger partial charge in [0.2, 0.25) is 0 Å². The van der Waals surface area contributed by atoms with Gasteiger partial charge in [0.1, 0.15) is 0 Å². The highest BCUT2D eigenvalue weighted by Crippen LogP contribution is 2.52. The Balaban J connectivity index is 2.00. The van der Waals surface area contributed by atoms with Crippen molar-refractivity contribution in [1.82, 2.24) is 5.01 Å². The maximum absolute atomic E-state index is 14.0. The molecule has 3 rings (SSSR count). The monoisotopic (exact) mass is 382 g/mol. The third kappa shape index (κ3) is 3.16. The maximum atomic E-state index is 14.0. The zero-order valence-electron chi connectivity index (χ0n) is 15.8. The highest BCUT2D eigenvalue weighted by Gasteiger charge is 2.69. The molecule has 4 nitrogen and oxygen atoms in total. The number of fused-ring (bicyclic) bond motifs is 1. The number of aliphatic hydroxyl groups is 1. The maximum Gasteiger partial charge on any atom is 0.439 e. The summed E-state index contributed by atoms with van der Waals surface area (Å²) in [6.45, 7) is 6.09. The second-order valence-electron chi connectivity index (χ2n) is 8.16. The second kappa shape index (κ2) is 6.62. The van der Waals surface area contributed by atoms with Crippen LogP contribution < -0.4 is 0 Å². The van der Waals surface area contributed by atoms with E-state index >= 15 is 0 Å². The molecule has 0 aromatic heterocycles. The lowest BCUT2D eigenvalue weighted by Crippen LogP contribution is -2.62. The van der Waals surface area contributed by atoms with Crippen molar-refractivity contribution in [3.63, 3.8) is 0 Å². The number of hydrogen-bond acceptors (Lipinski definition) is 3. The van der Waals surface area contributed by atoms with E-state index < -0.39 is 23.7 Å². The van der Waals surface area contributed by atoms with Crippen molar-refractivity contribution in [3.8, 4) is 0 Å². The standard InChI is InChI=1S/C20H25F3N2O2/c1-4-18(2,3)14-10-11-16-15(12-14)19(27,20(21,22)23)25(24-16)17(26)13-8-6-5-7-9-13/h5-9,14-15,27H,4,10-12H2,1-3H3/t14-,15+,19+/m1/s1. The average molecular weight is 382 g/mol. The molecule has 0 saturated heterocycles. The Labute approximate surface area is 157 Å². The van der Waals surface area contributed by atoms with Crippen LogP contribution in [-0.2, 0) is 0 Å². The predicted molar refractivity (Wildman–Crippen MR) is 96.0 cm³/mol. The van der Waals surface area contributed by atoms with E-state index in [2.05, 4.69) is 5.10 Å². The molecule has 0 spiro atoms. The van der Waals surface area contributed by atoms with Crippen LogP contribution in [0.5, 0.6) is 0 Å². The summed E-state index contributed by atoms with van der Waals surface area (Å²) in [6, 6.07) is 7.64. The van der Waals surface area contributed by atoms with Crippen LogP contribution in [0, 0.1) is 17.3 Å². The normalized spacial score (nSPS) is 28.7. The lowest BCUT2D eigenvalue weighted by atomic mass is 9.64. The van der Waals surface area contributed by atoms with Crippen LogP contribution in [-0.4, -0.2) is 33.6 Å². The van der Waals surface area contributed by atoms with E-state index in [1.165, 1.54) is 12.1 Å². The Morgan fingerprint density at radius 3 is 2.48 bits per heavy atom. The van der Waals surface area contributed by atoms with Gasteiger partial charge in [0, 0.05) is 11.3 Å². The Morgan fingerprint density at radius 1 is 1.30 bits per heavy atom. The van der Waals surface area contributed by atoms with E-state index in [0.717, 1.165) is 6.42 Å². The molecule has 1 amide bonds. The first-order valence-electron chi connectivity index (χ1n) is 9.28. The lowest BCUT2D eigenvalue weighted by Gasteiger charge is -2.43. The van der Waals surface area contributed by atoms with Gasteiger partial charge in [-0.3, -0.25) is 4.79 Å². The van der Waals surface area contributed by atoms with Gasteiger partial charge in [0.25, 0.3) is 11.6 Å². The number of nitrogens with zero attached hydrogens (tertiary/aromatic N) is 2. The third-order valence-corrected chi connectivity index (χ3v) is 6.36. The number of carbonyl (C=O) groups is 1. The molecule has 27 heavy (non-hydrogen) atoms. The molecule has 0 bridgehead atoms. The van der Waals surface area contributed by atoms with E-state index in [1.807, 2.05) is 20.8 Å². The molecular weight excluding hydrogens is 357 g/mol. The number of benzene rings is 1. The van der Waals surface area contributed by atoms with Crippen LogP contribution in [0.25, 0.3) is 0 Å². The number of halogens is 3. The largest absolute Gasteiger partial charge is 0.439 e. The molecule has 1 aromatic rings. The number of hydrazone groups is 1. The van der Waals surface area contributed by atoms with Gasteiger partial charge >= 0.3 is 6.18 Å². The molecule has 7 heteroatoms. The average Bonchev–Trinajstić information content (AvgIpc) is 2.95. The number of carbonyl (C=O) groups excluding carboxylic acids is 1. The number of hydrogen-bond donors (Lipinski definition) is 1. The SMILES string of the molecule is CCC(C)(C)[C@@H]1CCC2=NN(C(=O)c3ccccc3)[C@@](O)(C(F)(F)F)[C@H]2C1. The third-order valence-electron chi connectivity index (χ3n) is 6.36. The van der Waals surface area contributed by atoms with Crippen LogP contribution in [0.3, 0.4) is 0 Å². The minimum atomic E-state index is -5.01. The topological polar surface area (TPSA) is 52.9 Å². The van der Waals surface area contributed by atoms with Gasteiger partial charge in [-0.15, -0.1) is 0 Å². The lowest BCUT2D eigenvalue weighted by molar-refractivity contribution is -0.314. The Morgan fingerprint density at radius 2 is 1.93 bits per heavy atom. The van der Waals surface area contributed by atoms with Crippen molar-refractivity contribution < 1.29 is 23.1 Å². The van der Waals surface area contributed by atoms with Gasteiger partial charge in [0.05, 0.1) is 5.92 Å². The van der Waals surface area contributed by atoms with E-state index in [-0.39, 0.29) is 34.0 Å². The number of alkyl halides is 3. The summed E-state index contributed by atoms with van der Waals surface area (Å²) >= 11 is 0. The fourth-order valence-corrected chi connectivity index (χ4v) is 4.12. The molecule has 1 N–H and O–H groups in total. The zero-order chi connectivity index (χ0) is 20.0. The van der Waals surface area contributed by atoms with Crippen molar-refractivity contribution >= 4 is 11.6 Å². The van der Waals surface area contributed by atoms with Gasteiger partial charge < -0.3 is 5.11 Å². The minimum Gasteiger partial charge on any atom is -0.362 e. The second-order valence-corrected chi connectivity index (χ2v) is 8.16. The molecule has 148 valence electrons. The molecule has 2 aliphatic rings. The molecule has 1 aromatic carbocycles. The first-order valence-corrected chi connectivity index (χ1v) is 9.28. The molecule has 1 heterocycles. The van der Waals surface area contributed by atoms with Crippen LogP contribution in [0.1, 0.15) is 56.8 Å². The van der Waals surface area contributed by atoms with E-state index in [9.17, 15) is 23.1 Å². The van der Waals surface area contributed by atoms with Crippen molar-refractivity contribution in [3.05, 3.63) is 35.9 Å². The summed E-state index contributed by atoms with van der Waals surface area (Å²) in [5.74, 6) is -2.15. The molecule has 1 fully saturated rings. The first-order chi connectivity index (χ1) is 12.5. The van der Waals surface area contributed by atoms with E-state index in [0.29, 0.717) is 12.8 Å². The number of rotatable bonds is 3. The molecule has 0 radical (unpaired) electrons. The summed E-state index contributed by atoms with van der Waals surface area (Å²) in [6.07, 6.45) is -2.96. The van der Waals surface area contributed by atoms with Gasteiger partial charge in [-0.2, -0.15) is 23.3 Å². The number of amides is 1. The van der Waals surface area contributed by atoms with Crippen molar-refractivity contribution in [2.24, 2.45) is 22.4 Å². The van der Waals surface area contributed by atoms with E-state index in [4.69, 9.17) is 0 Å². The van der Waals surface area contributed by atoms with Gasteiger partial charge in [-0.1, -0.05) is 45.4 Å². The van der Waals surface area contributed by atoms with Crippen LogP contribution >= 0.6 is 0 Å². The summed E-state index contributed by atoms with van der Waals surface area (Å²) in [7, 11) is 0. The molecular formula is C20H25F3N2O2. The van der Waals surface area contributed by atoms with Gasteiger partial charge in [0.15, 0.2) is 0 Å². The highest BCUT2D eigenvalue weighted by molar-refractivity contribution is 5.99. The fourth-order valence-electron chi connectivity index (χ4n) is 4.12. The van der Waals surface area contributed by atoms with Crippen LogP contribution in [0.4, 0.5) is 13.2 Å². The van der Waals surface area contributed by atoms with Gasteiger partial charge in [-0.05, 0) is 42.7 Å². The van der Waals surface area contributed by atoms with E-state index in [1.54, 1.807) is 18.2 Å². The highest BCUT2D eigenvalue weighted by atomic mass is 19.4. The van der Waals surface area contributed by atoms with Crippen LogP contribution in [0.2, 0.25) is 0 Å². The summed E-state index contributed by atoms with van der Waals surface area (Å²) in [5.41, 5.74) is -3.12. The molecule has 1 aliphatic heterocycles. The van der Waals surface area contributed by atoms with Crippen molar-refractivity contribution in [2.75, 3.05) is 0 Å². The summed E-state index contributed by atoms with van der Waals surface area (Å²) < 4.78 is 42.1.